The Morgan fingerprint density at radius 1 is 1.32 bits per heavy atom. The van der Waals surface area contributed by atoms with E-state index in [0.717, 1.165) is 36.5 Å². The average molecular weight is 379 g/mol. The quantitative estimate of drug-likeness (QED) is 0.726. The minimum Gasteiger partial charge on any atom is -0.480 e. The van der Waals surface area contributed by atoms with E-state index in [2.05, 4.69) is 17.4 Å². The van der Waals surface area contributed by atoms with Gasteiger partial charge in [0.15, 0.2) is 0 Å². The van der Waals surface area contributed by atoms with Gasteiger partial charge in [0.05, 0.1) is 6.54 Å². The third-order valence-electron chi connectivity index (χ3n) is 4.74. The number of benzene rings is 1. The van der Waals surface area contributed by atoms with Crippen molar-refractivity contribution in [3.8, 4) is 10.4 Å². The van der Waals surface area contributed by atoms with Gasteiger partial charge in [0.2, 0.25) is 0 Å². The van der Waals surface area contributed by atoms with Gasteiger partial charge in [0, 0.05) is 39.0 Å². The SMILES string of the molecule is CCN(CC(=O)O)C1CC(NCc2ccc(-c3ccccc3Cl)s2)C1. The highest BCUT2D eigenvalue weighted by atomic mass is 35.5. The average Bonchev–Trinajstić information content (AvgIpc) is 3.01. The Kier molecular flexibility index (Phi) is 6.12. The highest BCUT2D eigenvalue weighted by Gasteiger charge is 2.33. The van der Waals surface area contributed by atoms with Gasteiger partial charge in [-0.05, 0) is 37.6 Å². The zero-order valence-electron chi connectivity index (χ0n) is 14.2. The maximum Gasteiger partial charge on any atom is 0.317 e. The lowest BCUT2D eigenvalue weighted by Crippen LogP contribution is -2.53. The van der Waals surface area contributed by atoms with Gasteiger partial charge < -0.3 is 10.4 Å². The van der Waals surface area contributed by atoms with Crippen molar-refractivity contribution in [2.45, 2.75) is 38.4 Å². The van der Waals surface area contributed by atoms with Gasteiger partial charge >= 0.3 is 5.97 Å². The summed E-state index contributed by atoms with van der Waals surface area (Å²) in [6, 6.07) is 13.0. The predicted octanol–water partition coefficient (Wildman–Crippen LogP) is 4.10. The minimum atomic E-state index is -0.746. The summed E-state index contributed by atoms with van der Waals surface area (Å²) in [6.07, 6.45) is 2.04. The summed E-state index contributed by atoms with van der Waals surface area (Å²) in [4.78, 5) is 15.4. The molecule has 2 aromatic rings. The molecule has 0 unspecified atom stereocenters. The first-order valence-corrected chi connectivity index (χ1v) is 9.79. The fraction of sp³-hybridized carbons (Fsp3) is 0.421. The van der Waals surface area contributed by atoms with Crippen molar-refractivity contribution in [1.29, 1.82) is 0 Å². The Balaban J connectivity index is 1.48. The van der Waals surface area contributed by atoms with E-state index in [1.807, 2.05) is 36.1 Å². The van der Waals surface area contributed by atoms with Crippen LogP contribution < -0.4 is 5.32 Å². The number of thiophene rings is 1. The number of halogens is 1. The molecule has 1 fully saturated rings. The lowest BCUT2D eigenvalue weighted by molar-refractivity contribution is -0.139. The van der Waals surface area contributed by atoms with Crippen molar-refractivity contribution in [3.05, 3.63) is 46.3 Å². The van der Waals surface area contributed by atoms with E-state index in [9.17, 15) is 4.79 Å². The molecule has 1 heterocycles. The molecule has 134 valence electrons. The number of carboxylic acid groups (broad SMARTS) is 1. The van der Waals surface area contributed by atoms with E-state index in [-0.39, 0.29) is 6.54 Å². The Bertz CT molecular complexity index is 728. The molecule has 25 heavy (non-hydrogen) atoms. The highest BCUT2D eigenvalue weighted by Crippen LogP contribution is 2.33. The number of hydrogen-bond acceptors (Lipinski definition) is 4. The molecule has 6 heteroatoms. The zero-order chi connectivity index (χ0) is 17.8. The molecule has 0 aliphatic heterocycles. The highest BCUT2D eigenvalue weighted by molar-refractivity contribution is 7.15. The van der Waals surface area contributed by atoms with E-state index >= 15 is 0 Å². The molecule has 4 nitrogen and oxygen atoms in total. The van der Waals surface area contributed by atoms with Crippen molar-refractivity contribution in [2.75, 3.05) is 13.1 Å². The molecule has 1 aromatic carbocycles. The first-order chi connectivity index (χ1) is 12.1. The molecule has 0 amide bonds. The second kappa shape index (κ2) is 8.32. The standard InChI is InChI=1S/C19H23ClN2O2S/c1-2-22(12-19(23)24)14-9-13(10-14)21-11-15-7-8-18(25-15)16-5-3-4-6-17(16)20/h3-8,13-14,21H,2,9-12H2,1H3,(H,23,24). The van der Waals surface area contributed by atoms with Crippen LogP contribution in [-0.2, 0) is 11.3 Å². The summed E-state index contributed by atoms with van der Waals surface area (Å²) in [5.41, 5.74) is 1.08. The zero-order valence-corrected chi connectivity index (χ0v) is 15.8. The van der Waals surface area contributed by atoms with Gasteiger partial charge in [-0.25, -0.2) is 0 Å². The van der Waals surface area contributed by atoms with Crippen molar-refractivity contribution in [3.63, 3.8) is 0 Å². The lowest BCUT2D eigenvalue weighted by atomic mass is 9.85. The number of likely N-dealkylation sites (N-methyl/N-ethyl adjacent to an activating group) is 1. The molecular weight excluding hydrogens is 356 g/mol. The first-order valence-electron chi connectivity index (χ1n) is 8.59. The predicted molar refractivity (Wildman–Crippen MR) is 103 cm³/mol. The Morgan fingerprint density at radius 3 is 2.76 bits per heavy atom. The van der Waals surface area contributed by atoms with E-state index in [0.29, 0.717) is 12.1 Å². The van der Waals surface area contributed by atoms with Crippen molar-refractivity contribution in [1.82, 2.24) is 10.2 Å². The van der Waals surface area contributed by atoms with Crippen LogP contribution >= 0.6 is 22.9 Å². The van der Waals surface area contributed by atoms with Crippen LogP contribution in [0.1, 0.15) is 24.6 Å². The second-order valence-electron chi connectivity index (χ2n) is 6.41. The number of nitrogens with one attached hydrogen (secondary N) is 1. The van der Waals surface area contributed by atoms with Gasteiger partial charge in [-0.2, -0.15) is 0 Å². The van der Waals surface area contributed by atoms with E-state index in [4.69, 9.17) is 16.7 Å². The summed E-state index contributed by atoms with van der Waals surface area (Å²) in [5, 5.41) is 13.3. The molecule has 0 spiro atoms. The summed E-state index contributed by atoms with van der Waals surface area (Å²) in [7, 11) is 0. The van der Waals surface area contributed by atoms with Gasteiger partial charge in [-0.1, -0.05) is 36.7 Å². The Hall–Kier alpha value is -1.40. The summed E-state index contributed by atoms with van der Waals surface area (Å²) in [5.74, 6) is -0.746. The molecule has 0 radical (unpaired) electrons. The van der Waals surface area contributed by atoms with Crippen LogP contribution in [0, 0.1) is 0 Å². The minimum absolute atomic E-state index is 0.139. The van der Waals surface area contributed by atoms with Crippen LogP contribution in [0.15, 0.2) is 36.4 Å². The Morgan fingerprint density at radius 2 is 2.08 bits per heavy atom. The maximum absolute atomic E-state index is 10.9. The van der Waals surface area contributed by atoms with Crippen molar-refractivity contribution < 1.29 is 9.90 Å². The molecule has 2 N–H and O–H groups in total. The van der Waals surface area contributed by atoms with Crippen LogP contribution in [0.4, 0.5) is 0 Å². The summed E-state index contributed by atoms with van der Waals surface area (Å²) < 4.78 is 0. The monoisotopic (exact) mass is 378 g/mol. The van der Waals surface area contributed by atoms with Crippen LogP contribution in [0.25, 0.3) is 10.4 Å². The number of hydrogen-bond donors (Lipinski definition) is 2. The summed E-state index contributed by atoms with van der Waals surface area (Å²) in [6.45, 7) is 3.79. The molecule has 0 bridgehead atoms. The van der Waals surface area contributed by atoms with Crippen molar-refractivity contribution >= 4 is 28.9 Å². The Labute approximate surface area is 157 Å². The normalized spacial score (nSPS) is 19.8. The third-order valence-corrected chi connectivity index (χ3v) is 6.19. The topological polar surface area (TPSA) is 52.6 Å². The van der Waals surface area contributed by atoms with E-state index in [1.54, 1.807) is 11.3 Å². The second-order valence-corrected chi connectivity index (χ2v) is 7.98. The third kappa shape index (κ3) is 4.61. The number of carbonyl (C=O) groups is 1. The molecule has 0 saturated heterocycles. The van der Waals surface area contributed by atoms with Crippen LogP contribution in [0.2, 0.25) is 5.02 Å². The molecule has 1 aliphatic carbocycles. The smallest absolute Gasteiger partial charge is 0.317 e. The molecule has 1 aromatic heterocycles. The number of rotatable bonds is 8. The van der Waals surface area contributed by atoms with Crippen LogP contribution in [0.5, 0.6) is 0 Å². The fourth-order valence-electron chi connectivity index (χ4n) is 3.25. The van der Waals surface area contributed by atoms with Crippen LogP contribution in [-0.4, -0.2) is 41.1 Å². The molecular formula is C19H23ClN2O2S. The van der Waals surface area contributed by atoms with Gasteiger partial charge in [0.25, 0.3) is 0 Å². The summed E-state index contributed by atoms with van der Waals surface area (Å²) >= 11 is 8.03. The lowest BCUT2D eigenvalue weighted by Gasteiger charge is -2.42. The molecule has 3 rings (SSSR count). The number of carboxylic acids is 1. The number of nitrogens with zero attached hydrogens (tertiary/aromatic N) is 1. The van der Waals surface area contributed by atoms with Gasteiger partial charge in [-0.3, -0.25) is 9.69 Å². The van der Waals surface area contributed by atoms with Gasteiger partial charge in [-0.15, -0.1) is 11.3 Å². The van der Waals surface area contributed by atoms with E-state index < -0.39 is 5.97 Å². The largest absolute Gasteiger partial charge is 0.480 e. The van der Waals surface area contributed by atoms with Gasteiger partial charge in [0.1, 0.15) is 0 Å². The molecule has 1 saturated carbocycles. The van der Waals surface area contributed by atoms with Crippen LogP contribution in [0.3, 0.4) is 0 Å². The van der Waals surface area contributed by atoms with Crippen molar-refractivity contribution in [2.24, 2.45) is 0 Å². The maximum atomic E-state index is 10.9. The van der Waals surface area contributed by atoms with E-state index in [1.165, 1.54) is 9.75 Å². The number of aliphatic carboxylic acids is 1. The first kappa shape index (κ1) is 18.4. The fourth-order valence-corrected chi connectivity index (χ4v) is 4.54. The molecule has 1 aliphatic rings. The molecule has 0 atom stereocenters.